The topological polar surface area (TPSA) is 88.5 Å². The van der Waals surface area contributed by atoms with Crippen LogP contribution in [-0.4, -0.2) is 41.7 Å². The summed E-state index contributed by atoms with van der Waals surface area (Å²) < 4.78 is 4.78. The van der Waals surface area contributed by atoms with Crippen molar-refractivity contribution in [3.05, 3.63) is 30.1 Å². The summed E-state index contributed by atoms with van der Waals surface area (Å²) in [5, 5.41) is 11.0. The molecule has 0 spiro atoms. The number of amides is 1. The van der Waals surface area contributed by atoms with Gasteiger partial charge in [0.05, 0.1) is 6.61 Å². The predicted octanol–water partition coefficient (Wildman–Crippen LogP) is 0.232. The zero-order valence-electron chi connectivity index (χ0n) is 9.96. The maximum atomic E-state index is 11.4. The minimum Gasteiger partial charge on any atom is -0.480 e. The molecule has 0 fully saturated rings. The van der Waals surface area contributed by atoms with E-state index in [0.717, 1.165) is 5.69 Å². The fraction of sp³-hybridized carbons (Fsp3) is 0.417. The van der Waals surface area contributed by atoms with E-state index in [1.807, 2.05) is 18.2 Å². The maximum absolute atomic E-state index is 11.4. The van der Waals surface area contributed by atoms with Gasteiger partial charge >= 0.3 is 5.97 Å². The zero-order chi connectivity index (χ0) is 13.2. The number of carbonyl (C=O) groups is 2. The third-order valence-corrected chi connectivity index (χ3v) is 2.13. The van der Waals surface area contributed by atoms with Gasteiger partial charge in [0.25, 0.3) is 0 Å². The summed E-state index contributed by atoms with van der Waals surface area (Å²) in [6, 6.07) is 5.56. The lowest BCUT2D eigenvalue weighted by atomic mass is 10.2. The number of carboxylic acids is 1. The van der Waals surface area contributed by atoms with Gasteiger partial charge in [-0.05, 0) is 18.6 Å². The highest BCUT2D eigenvalue weighted by Crippen LogP contribution is 1.97. The van der Waals surface area contributed by atoms with Gasteiger partial charge in [0.15, 0.2) is 0 Å². The van der Waals surface area contributed by atoms with Crippen molar-refractivity contribution in [1.82, 2.24) is 10.3 Å². The Bertz CT molecular complexity index is 381. The number of carbonyl (C=O) groups excluding carboxylic acids is 1. The molecule has 0 aromatic carbocycles. The van der Waals surface area contributed by atoms with Gasteiger partial charge in [0.1, 0.15) is 6.61 Å². The van der Waals surface area contributed by atoms with Crippen LogP contribution in [0.1, 0.15) is 12.1 Å². The van der Waals surface area contributed by atoms with Gasteiger partial charge in [-0.25, -0.2) is 4.79 Å². The Kier molecular flexibility index (Phi) is 6.42. The molecule has 0 aliphatic rings. The Balaban J connectivity index is 2.06. The van der Waals surface area contributed by atoms with Crippen molar-refractivity contribution in [3.8, 4) is 0 Å². The molecule has 0 atom stereocenters. The largest absolute Gasteiger partial charge is 0.480 e. The highest BCUT2D eigenvalue weighted by molar-refractivity contribution is 5.76. The standard InChI is InChI=1S/C12H16N2O4/c15-11(14-7-8-18-9-12(16)17)5-4-10-3-1-2-6-13-10/h1-3,6H,4-5,7-9H2,(H,14,15)(H,16,17). The maximum Gasteiger partial charge on any atom is 0.329 e. The van der Waals surface area contributed by atoms with E-state index >= 15 is 0 Å². The van der Waals surface area contributed by atoms with E-state index in [9.17, 15) is 9.59 Å². The molecule has 0 saturated carbocycles. The van der Waals surface area contributed by atoms with Gasteiger partial charge in [0, 0.05) is 24.9 Å². The molecule has 1 aromatic rings. The fourth-order valence-electron chi connectivity index (χ4n) is 1.30. The number of hydrogen-bond donors (Lipinski definition) is 2. The van der Waals surface area contributed by atoms with Gasteiger partial charge in [-0.3, -0.25) is 9.78 Å². The number of carboxylic acid groups (broad SMARTS) is 1. The Morgan fingerprint density at radius 2 is 2.22 bits per heavy atom. The van der Waals surface area contributed by atoms with Gasteiger partial charge in [-0.1, -0.05) is 6.07 Å². The van der Waals surface area contributed by atoms with Gasteiger partial charge in [-0.2, -0.15) is 0 Å². The number of nitrogens with one attached hydrogen (secondary N) is 1. The van der Waals surface area contributed by atoms with Gasteiger partial charge in [0.2, 0.25) is 5.91 Å². The van der Waals surface area contributed by atoms with E-state index in [1.54, 1.807) is 6.20 Å². The lowest BCUT2D eigenvalue weighted by Gasteiger charge is -2.05. The Labute approximate surface area is 105 Å². The number of aromatic nitrogens is 1. The molecule has 1 aromatic heterocycles. The van der Waals surface area contributed by atoms with Crippen LogP contribution in [0.4, 0.5) is 0 Å². The molecule has 18 heavy (non-hydrogen) atoms. The first-order valence-electron chi connectivity index (χ1n) is 5.64. The Morgan fingerprint density at radius 3 is 2.89 bits per heavy atom. The van der Waals surface area contributed by atoms with E-state index in [-0.39, 0.29) is 19.1 Å². The van der Waals surface area contributed by atoms with E-state index in [4.69, 9.17) is 9.84 Å². The zero-order valence-corrected chi connectivity index (χ0v) is 9.96. The van der Waals surface area contributed by atoms with Crippen LogP contribution in [0.25, 0.3) is 0 Å². The minimum absolute atomic E-state index is 0.0976. The first-order chi connectivity index (χ1) is 8.68. The van der Waals surface area contributed by atoms with E-state index in [2.05, 4.69) is 10.3 Å². The smallest absolute Gasteiger partial charge is 0.329 e. The molecule has 98 valence electrons. The number of hydrogen-bond acceptors (Lipinski definition) is 4. The first-order valence-corrected chi connectivity index (χ1v) is 5.64. The second-order valence-electron chi connectivity index (χ2n) is 3.62. The molecule has 0 aliphatic heterocycles. The monoisotopic (exact) mass is 252 g/mol. The lowest BCUT2D eigenvalue weighted by molar-refractivity contribution is -0.142. The third kappa shape index (κ3) is 6.59. The van der Waals surface area contributed by atoms with Crippen LogP contribution in [0.2, 0.25) is 0 Å². The number of aryl methyl sites for hydroxylation is 1. The minimum atomic E-state index is -1.02. The average molecular weight is 252 g/mol. The second kappa shape index (κ2) is 8.19. The van der Waals surface area contributed by atoms with E-state index in [0.29, 0.717) is 19.4 Å². The number of nitrogens with zero attached hydrogens (tertiary/aromatic N) is 1. The molecular weight excluding hydrogens is 236 g/mol. The fourth-order valence-corrected chi connectivity index (χ4v) is 1.30. The number of rotatable bonds is 8. The molecule has 2 N–H and O–H groups in total. The van der Waals surface area contributed by atoms with Crippen LogP contribution in [0.5, 0.6) is 0 Å². The molecule has 0 bridgehead atoms. The van der Waals surface area contributed by atoms with Crippen LogP contribution in [0.3, 0.4) is 0 Å². The van der Waals surface area contributed by atoms with Crippen molar-refractivity contribution in [1.29, 1.82) is 0 Å². The summed E-state index contributed by atoms with van der Waals surface area (Å²) in [5.41, 5.74) is 0.870. The molecule has 0 aliphatic carbocycles. The molecule has 1 amide bonds. The first kappa shape index (κ1) is 14.1. The van der Waals surface area contributed by atoms with Crippen molar-refractivity contribution >= 4 is 11.9 Å². The Morgan fingerprint density at radius 1 is 1.39 bits per heavy atom. The van der Waals surface area contributed by atoms with Gasteiger partial charge < -0.3 is 15.2 Å². The molecule has 0 unspecified atom stereocenters. The highest BCUT2D eigenvalue weighted by Gasteiger charge is 2.02. The summed E-state index contributed by atoms with van der Waals surface area (Å²) in [4.78, 5) is 25.6. The molecular formula is C12H16N2O4. The molecule has 1 rings (SSSR count). The summed E-state index contributed by atoms with van der Waals surface area (Å²) in [5.74, 6) is -1.11. The van der Waals surface area contributed by atoms with Crippen molar-refractivity contribution in [2.24, 2.45) is 0 Å². The highest BCUT2D eigenvalue weighted by atomic mass is 16.5. The van der Waals surface area contributed by atoms with Crippen molar-refractivity contribution < 1.29 is 19.4 Å². The lowest BCUT2D eigenvalue weighted by Crippen LogP contribution is -2.28. The molecule has 6 heteroatoms. The number of pyridine rings is 1. The third-order valence-electron chi connectivity index (χ3n) is 2.13. The summed E-state index contributed by atoms with van der Waals surface area (Å²) in [6.07, 6.45) is 2.63. The van der Waals surface area contributed by atoms with E-state index in [1.165, 1.54) is 0 Å². The second-order valence-corrected chi connectivity index (χ2v) is 3.62. The van der Waals surface area contributed by atoms with Crippen LogP contribution < -0.4 is 5.32 Å². The predicted molar refractivity (Wildman–Crippen MR) is 64.0 cm³/mol. The summed E-state index contributed by atoms with van der Waals surface area (Å²) >= 11 is 0. The average Bonchev–Trinajstić information content (AvgIpc) is 2.37. The SMILES string of the molecule is O=C(O)COCCNC(=O)CCc1ccccn1. The van der Waals surface area contributed by atoms with Crippen LogP contribution in [-0.2, 0) is 20.7 Å². The molecule has 1 heterocycles. The summed E-state index contributed by atoms with van der Waals surface area (Å²) in [7, 11) is 0. The number of ether oxygens (including phenoxy) is 1. The van der Waals surface area contributed by atoms with Crippen molar-refractivity contribution in [2.75, 3.05) is 19.8 Å². The van der Waals surface area contributed by atoms with Crippen molar-refractivity contribution in [2.45, 2.75) is 12.8 Å². The van der Waals surface area contributed by atoms with E-state index < -0.39 is 5.97 Å². The van der Waals surface area contributed by atoms with Crippen LogP contribution in [0, 0.1) is 0 Å². The van der Waals surface area contributed by atoms with Crippen LogP contribution in [0.15, 0.2) is 24.4 Å². The molecule has 0 radical (unpaired) electrons. The van der Waals surface area contributed by atoms with Crippen molar-refractivity contribution in [3.63, 3.8) is 0 Å². The van der Waals surface area contributed by atoms with Gasteiger partial charge in [-0.15, -0.1) is 0 Å². The normalized spacial score (nSPS) is 10.0. The molecule has 0 saturated heterocycles. The quantitative estimate of drug-likeness (QED) is 0.647. The number of aliphatic carboxylic acids is 1. The Hall–Kier alpha value is -1.95. The molecule has 6 nitrogen and oxygen atoms in total. The summed E-state index contributed by atoms with van der Waals surface area (Å²) in [6.45, 7) is 0.166. The van der Waals surface area contributed by atoms with Crippen LogP contribution >= 0.6 is 0 Å².